The van der Waals surface area contributed by atoms with E-state index in [2.05, 4.69) is 67.3 Å². The van der Waals surface area contributed by atoms with Crippen molar-refractivity contribution in [3.8, 4) is 0 Å². The maximum Gasteiger partial charge on any atom is 0.0600 e. The number of allylic oxidation sites excluding steroid dienone is 1. The van der Waals surface area contributed by atoms with Crippen molar-refractivity contribution in [2.45, 2.75) is 57.4 Å². The SMILES string of the molecule is C=C(N/C=C(/C)c1c[nH]c2c1=CCCC=2)C1(N(C)C)CCCCC1. The molecule has 2 N–H and O–H groups in total. The van der Waals surface area contributed by atoms with Crippen LogP contribution >= 0.6 is 0 Å². The Morgan fingerprint density at radius 1 is 1.21 bits per heavy atom. The highest BCUT2D eigenvalue weighted by atomic mass is 15.2. The highest BCUT2D eigenvalue weighted by molar-refractivity contribution is 5.65. The zero-order chi connectivity index (χ0) is 17.2. The Hall–Kier alpha value is -1.74. The number of nitrogens with zero attached hydrogens (tertiary/aromatic N) is 1. The molecule has 0 unspecified atom stereocenters. The third-order valence-electron chi connectivity index (χ3n) is 5.80. The van der Waals surface area contributed by atoms with Crippen molar-refractivity contribution in [1.29, 1.82) is 0 Å². The standard InChI is InChI=1S/C21H31N3/c1-16(19-15-23-20-11-7-6-10-18(19)20)14-22-17(2)21(24(3)4)12-8-5-9-13-21/h10-11,14-15,22-23H,2,5-9,12-13H2,1,3-4H3/b16-14-. The van der Waals surface area contributed by atoms with Gasteiger partial charge in [-0.3, -0.25) is 4.90 Å². The van der Waals surface area contributed by atoms with E-state index >= 15 is 0 Å². The molecule has 0 saturated heterocycles. The zero-order valence-electron chi connectivity index (χ0n) is 15.4. The van der Waals surface area contributed by atoms with Crippen LogP contribution in [-0.4, -0.2) is 29.5 Å². The lowest BCUT2D eigenvalue weighted by Gasteiger charge is -2.44. The summed E-state index contributed by atoms with van der Waals surface area (Å²) in [6, 6.07) is 0. The van der Waals surface area contributed by atoms with Crippen molar-refractivity contribution in [2.75, 3.05) is 14.1 Å². The molecule has 0 atom stereocenters. The number of hydrogen-bond acceptors (Lipinski definition) is 2. The van der Waals surface area contributed by atoms with Gasteiger partial charge in [0.1, 0.15) is 0 Å². The van der Waals surface area contributed by atoms with E-state index in [0.29, 0.717) is 0 Å². The van der Waals surface area contributed by atoms with Crippen molar-refractivity contribution in [2.24, 2.45) is 0 Å². The second kappa shape index (κ2) is 7.02. The second-order valence-corrected chi connectivity index (χ2v) is 7.45. The summed E-state index contributed by atoms with van der Waals surface area (Å²) >= 11 is 0. The van der Waals surface area contributed by atoms with Crippen molar-refractivity contribution < 1.29 is 0 Å². The summed E-state index contributed by atoms with van der Waals surface area (Å²) in [6.45, 7) is 6.57. The van der Waals surface area contributed by atoms with Crippen LogP contribution < -0.4 is 15.9 Å². The molecule has 2 aliphatic rings. The fraction of sp³-hybridized carbons (Fsp3) is 0.524. The van der Waals surface area contributed by atoms with Gasteiger partial charge in [0.25, 0.3) is 0 Å². The Labute approximate surface area is 145 Å². The van der Waals surface area contributed by atoms with Crippen LogP contribution in [0.2, 0.25) is 0 Å². The molecule has 1 aromatic rings. The van der Waals surface area contributed by atoms with Crippen LogP contribution in [0.3, 0.4) is 0 Å². The predicted octanol–water partition coefficient (Wildman–Crippen LogP) is 3.10. The average molecular weight is 326 g/mol. The van der Waals surface area contributed by atoms with Gasteiger partial charge in [-0.15, -0.1) is 0 Å². The van der Waals surface area contributed by atoms with Crippen molar-refractivity contribution in [1.82, 2.24) is 15.2 Å². The van der Waals surface area contributed by atoms with Gasteiger partial charge in [-0.05, 0) is 52.3 Å². The maximum atomic E-state index is 4.39. The lowest BCUT2D eigenvalue weighted by Crippen LogP contribution is -2.50. The highest BCUT2D eigenvalue weighted by Crippen LogP contribution is 2.36. The monoisotopic (exact) mass is 325 g/mol. The fourth-order valence-electron chi connectivity index (χ4n) is 4.18. The van der Waals surface area contributed by atoms with Gasteiger partial charge in [0.15, 0.2) is 0 Å². The first kappa shape index (κ1) is 17.1. The molecule has 0 radical (unpaired) electrons. The van der Waals surface area contributed by atoms with E-state index < -0.39 is 0 Å². The predicted molar refractivity (Wildman–Crippen MR) is 104 cm³/mol. The van der Waals surface area contributed by atoms with E-state index in [4.69, 9.17) is 0 Å². The van der Waals surface area contributed by atoms with Gasteiger partial charge in [-0.1, -0.05) is 38.0 Å². The Balaban J connectivity index is 1.80. The second-order valence-electron chi connectivity index (χ2n) is 7.45. The Morgan fingerprint density at radius 3 is 2.62 bits per heavy atom. The number of hydrogen-bond donors (Lipinski definition) is 2. The first-order valence-corrected chi connectivity index (χ1v) is 9.23. The molecule has 0 aliphatic heterocycles. The lowest BCUT2D eigenvalue weighted by atomic mass is 9.78. The van der Waals surface area contributed by atoms with E-state index in [1.54, 1.807) is 0 Å². The number of aromatic amines is 1. The number of H-pyrrole nitrogens is 1. The molecule has 1 heterocycles. The quantitative estimate of drug-likeness (QED) is 0.871. The largest absolute Gasteiger partial charge is 0.364 e. The van der Waals surface area contributed by atoms with Crippen LogP contribution in [0.25, 0.3) is 17.7 Å². The van der Waals surface area contributed by atoms with E-state index in [1.807, 2.05) is 0 Å². The number of rotatable bonds is 5. The van der Waals surface area contributed by atoms with Crippen LogP contribution in [0.5, 0.6) is 0 Å². The molecule has 1 fully saturated rings. The first-order chi connectivity index (χ1) is 11.5. The summed E-state index contributed by atoms with van der Waals surface area (Å²) in [4.78, 5) is 5.75. The Kier molecular flexibility index (Phi) is 5.00. The minimum atomic E-state index is 0.0898. The molecule has 0 spiro atoms. The van der Waals surface area contributed by atoms with Crippen molar-refractivity contribution in [3.63, 3.8) is 0 Å². The topological polar surface area (TPSA) is 31.1 Å². The van der Waals surface area contributed by atoms with E-state index in [9.17, 15) is 0 Å². The van der Waals surface area contributed by atoms with Gasteiger partial charge < -0.3 is 10.3 Å². The normalized spacial score (nSPS) is 20.1. The van der Waals surface area contributed by atoms with Gasteiger partial charge in [0.2, 0.25) is 0 Å². The zero-order valence-corrected chi connectivity index (χ0v) is 15.4. The molecule has 0 amide bonds. The smallest absolute Gasteiger partial charge is 0.0600 e. The molecule has 0 aromatic carbocycles. The van der Waals surface area contributed by atoms with Crippen LogP contribution in [-0.2, 0) is 0 Å². The van der Waals surface area contributed by atoms with Crippen molar-refractivity contribution in [3.05, 3.63) is 40.8 Å². The molecule has 2 aliphatic carbocycles. The van der Waals surface area contributed by atoms with Gasteiger partial charge in [-0.25, -0.2) is 0 Å². The highest BCUT2D eigenvalue weighted by Gasteiger charge is 2.36. The average Bonchev–Trinajstić information content (AvgIpc) is 3.04. The molecule has 1 aromatic heterocycles. The maximum absolute atomic E-state index is 4.39. The van der Waals surface area contributed by atoms with Crippen LogP contribution in [0.1, 0.15) is 57.4 Å². The molecular formula is C21H31N3. The summed E-state index contributed by atoms with van der Waals surface area (Å²) in [5.74, 6) is 0. The van der Waals surface area contributed by atoms with Crippen LogP contribution in [0, 0.1) is 0 Å². The minimum Gasteiger partial charge on any atom is -0.364 e. The van der Waals surface area contributed by atoms with Crippen LogP contribution in [0.4, 0.5) is 0 Å². The molecule has 24 heavy (non-hydrogen) atoms. The van der Waals surface area contributed by atoms with Gasteiger partial charge in [0.05, 0.1) is 5.54 Å². The van der Waals surface area contributed by atoms with Crippen LogP contribution in [0.15, 0.2) is 24.7 Å². The van der Waals surface area contributed by atoms with E-state index in [0.717, 1.165) is 18.5 Å². The molecule has 1 saturated carbocycles. The summed E-state index contributed by atoms with van der Waals surface area (Å²) < 4.78 is 0. The molecular weight excluding hydrogens is 294 g/mol. The number of likely N-dealkylation sites (N-methyl/N-ethyl adjacent to an activating group) is 1. The Morgan fingerprint density at radius 2 is 1.92 bits per heavy atom. The molecule has 130 valence electrons. The third-order valence-corrected chi connectivity index (χ3v) is 5.80. The van der Waals surface area contributed by atoms with E-state index in [1.165, 1.54) is 53.8 Å². The molecule has 3 nitrogen and oxygen atoms in total. The minimum absolute atomic E-state index is 0.0898. The summed E-state index contributed by atoms with van der Waals surface area (Å²) in [5, 5.41) is 6.15. The first-order valence-electron chi connectivity index (χ1n) is 9.23. The van der Waals surface area contributed by atoms with Gasteiger partial charge in [-0.2, -0.15) is 0 Å². The Bertz CT molecular complexity index is 743. The number of nitrogens with one attached hydrogen (secondary N) is 2. The summed E-state index contributed by atoms with van der Waals surface area (Å²) in [6.07, 6.45) is 17.5. The van der Waals surface area contributed by atoms with Gasteiger partial charge >= 0.3 is 0 Å². The molecule has 3 rings (SSSR count). The van der Waals surface area contributed by atoms with E-state index in [-0.39, 0.29) is 5.54 Å². The summed E-state index contributed by atoms with van der Waals surface area (Å²) in [5.41, 5.74) is 3.77. The fourth-order valence-corrected chi connectivity index (χ4v) is 4.18. The molecule has 0 bridgehead atoms. The lowest BCUT2D eigenvalue weighted by molar-refractivity contribution is 0.133. The summed E-state index contributed by atoms with van der Waals surface area (Å²) in [7, 11) is 4.37. The number of aromatic nitrogens is 1. The molecule has 3 heteroatoms. The van der Waals surface area contributed by atoms with Gasteiger partial charge in [0, 0.05) is 34.2 Å². The third kappa shape index (κ3) is 3.10. The number of fused-ring (bicyclic) bond motifs is 1. The van der Waals surface area contributed by atoms with Crippen molar-refractivity contribution >= 4 is 17.7 Å².